The third-order valence-electron chi connectivity index (χ3n) is 5.42. The summed E-state index contributed by atoms with van der Waals surface area (Å²) in [5.74, 6) is -0.922. The van der Waals surface area contributed by atoms with Gasteiger partial charge in [-0.3, -0.25) is 14.4 Å². The van der Waals surface area contributed by atoms with Crippen LogP contribution in [0.5, 0.6) is 0 Å². The fourth-order valence-corrected chi connectivity index (χ4v) is 4.46. The number of thioether (sulfide) groups is 1. The molecule has 1 saturated carbocycles. The van der Waals surface area contributed by atoms with Crippen molar-refractivity contribution in [2.24, 2.45) is 11.8 Å². The number of Topliss-reactive ketones (excluding diaryl/α,β-unsaturated/α-hetero) is 1. The SMILES string of the molecule is CC(C)CC(NC(=O)C1CCCCCC1)C(=O)c1nnc(SC(C)(C)C(=O)OC(C)(C)C)o1. The lowest BCUT2D eigenvalue weighted by molar-refractivity contribution is -0.156. The van der Waals surface area contributed by atoms with Crippen molar-refractivity contribution in [3.63, 3.8) is 0 Å². The Morgan fingerprint density at radius 3 is 2.21 bits per heavy atom. The molecule has 1 heterocycles. The number of amides is 1. The molecule has 9 heteroatoms. The molecule has 0 aliphatic heterocycles. The van der Waals surface area contributed by atoms with E-state index in [0.29, 0.717) is 6.42 Å². The first kappa shape index (κ1) is 27.3. The molecule has 1 aliphatic rings. The van der Waals surface area contributed by atoms with E-state index in [4.69, 9.17) is 9.15 Å². The standard InChI is InChI=1S/C24H39N3O5S/c1-15(2)14-17(25-19(29)16-12-10-8-9-11-13-16)18(28)20-26-27-22(31-20)33-24(6,7)21(30)32-23(3,4)5/h15-17H,8-14H2,1-7H3,(H,25,29). The largest absolute Gasteiger partial charge is 0.459 e. The molecule has 1 amide bonds. The smallest absolute Gasteiger partial charge is 0.322 e. The molecule has 1 aromatic heterocycles. The number of carbonyl (C=O) groups excluding carboxylic acids is 3. The monoisotopic (exact) mass is 481 g/mol. The predicted octanol–water partition coefficient (Wildman–Crippen LogP) is 4.97. The minimum atomic E-state index is -0.981. The van der Waals surface area contributed by atoms with E-state index in [1.807, 2.05) is 13.8 Å². The quantitative estimate of drug-likeness (QED) is 0.228. The Kier molecular flexibility index (Phi) is 9.52. The summed E-state index contributed by atoms with van der Waals surface area (Å²) in [6.45, 7) is 12.8. The van der Waals surface area contributed by atoms with E-state index in [-0.39, 0.29) is 28.9 Å². The Labute approximate surface area is 201 Å². The van der Waals surface area contributed by atoms with E-state index in [2.05, 4.69) is 15.5 Å². The van der Waals surface area contributed by atoms with Crippen LogP contribution >= 0.6 is 11.8 Å². The van der Waals surface area contributed by atoms with Gasteiger partial charge in [-0.25, -0.2) is 0 Å². The zero-order chi connectivity index (χ0) is 24.8. The maximum absolute atomic E-state index is 13.2. The fourth-order valence-electron chi connectivity index (χ4n) is 3.69. The van der Waals surface area contributed by atoms with Crippen molar-refractivity contribution >= 4 is 29.4 Å². The summed E-state index contributed by atoms with van der Waals surface area (Å²) < 4.78 is 10.1. The molecule has 0 aromatic carbocycles. The average Bonchev–Trinajstić information content (AvgIpc) is 2.96. The van der Waals surface area contributed by atoms with Crippen molar-refractivity contribution in [3.8, 4) is 0 Å². The summed E-state index contributed by atoms with van der Waals surface area (Å²) >= 11 is 1.04. The van der Waals surface area contributed by atoms with Crippen LogP contribution in [-0.4, -0.2) is 44.2 Å². The minimum absolute atomic E-state index is 0.0570. The lowest BCUT2D eigenvalue weighted by Gasteiger charge is -2.26. The molecule has 1 unspecified atom stereocenters. The van der Waals surface area contributed by atoms with Crippen LogP contribution in [0, 0.1) is 11.8 Å². The van der Waals surface area contributed by atoms with Crippen LogP contribution in [0.1, 0.15) is 104 Å². The number of nitrogens with zero attached hydrogens (tertiary/aromatic N) is 2. The topological polar surface area (TPSA) is 111 Å². The minimum Gasteiger partial charge on any atom is -0.459 e. The molecule has 0 spiro atoms. The van der Waals surface area contributed by atoms with Crippen molar-refractivity contribution in [1.29, 1.82) is 0 Å². The first-order valence-electron chi connectivity index (χ1n) is 11.9. The Hall–Kier alpha value is -1.90. The van der Waals surface area contributed by atoms with E-state index >= 15 is 0 Å². The molecule has 1 N–H and O–H groups in total. The van der Waals surface area contributed by atoms with Gasteiger partial charge in [-0.1, -0.05) is 39.5 Å². The van der Waals surface area contributed by atoms with Gasteiger partial charge in [0.1, 0.15) is 10.3 Å². The van der Waals surface area contributed by atoms with Crippen LogP contribution in [0.15, 0.2) is 9.64 Å². The molecule has 0 bridgehead atoms. The zero-order valence-corrected chi connectivity index (χ0v) is 21.8. The van der Waals surface area contributed by atoms with Crippen molar-refractivity contribution in [3.05, 3.63) is 5.89 Å². The molecule has 1 atom stereocenters. The third kappa shape index (κ3) is 8.76. The number of aromatic nitrogens is 2. The second kappa shape index (κ2) is 11.5. The molecule has 1 fully saturated rings. The van der Waals surface area contributed by atoms with Gasteiger partial charge in [-0.2, -0.15) is 0 Å². The van der Waals surface area contributed by atoms with Crippen molar-refractivity contribution in [2.75, 3.05) is 0 Å². The van der Waals surface area contributed by atoms with E-state index < -0.39 is 28.1 Å². The Morgan fingerprint density at radius 2 is 1.67 bits per heavy atom. The Morgan fingerprint density at radius 1 is 1.06 bits per heavy atom. The molecular formula is C24H39N3O5S. The van der Waals surface area contributed by atoms with Crippen LogP contribution < -0.4 is 5.32 Å². The van der Waals surface area contributed by atoms with Gasteiger partial charge in [-0.05, 0) is 71.6 Å². The highest BCUT2D eigenvalue weighted by Crippen LogP contribution is 2.34. The number of ether oxygens (including phenoxy) is 1. The molecule has 0 radical (unpaired) electrons. The lowest BCUT2D eigenvalue weighted by atomic mass is 9.96. The Balaban J connectivity index is 2.09. The number of hydrogen-bond acceptors (Lipinski definition) is 8. The maximum atomic E-state index is 13.2. The van der Waals surface area contributed by atoms with E-state index in [0.717, 1.165) is 50.3 Å². The van der Waals surface area contributed by atoms with Crippen molar-refractivity contribution in [2.45, 2.75) is 115 Å². The number of nitrogens with one attached hydrogen (secondary N) is 1. The number of carbonyl (C=O) groups is 3. The first-order valence-corrected chi connectivity index (χ1v) is 12.7. The third-order valence-corrected chi connectivity index (χ3v) is 6.43. The molecule has 8 nitrogen and oxygen atoms in total. The number of esters is 1. The van der Waals surface area contributed by atoms with Crippen LogP contribution in [-0.2, 0) is 14.3 Å². The van der Waals surface area contributed by atoms with Crippen LogP contribution in [0.2, 0.25) is 0 Å². The van der Waals surface area contributed by atoms with Gasteiger partial charge in [0, 0.05) is 5.92 Å². The molecular weight excluding hydrogens is 442 g/mol. The van der Waals surface area contributed by atoms with Gasteiger partial charge >= 0.3 is 5.97 Å². The second-order valence-electron chi connectivity index (χ2n) is 10.7. The van der Waals surface area contributed by atoms with Gasteiger partial charge in [-0.15, -0.1) is 10.2 Å². The summed E-state index contributed by atoms with van der Waals surface area (Å²) in [5, 5.41) is 10.9. The first-order chi connectivity index (χ1) is 15.3. The summed E-state index contributed by atoms with van der Waals surface area (Å²) in [6, 6.07) is -0.724. The van der Waals surface area contributed by atoms with Gasteiger partial charge in [0.25, 0.3) is 11.1 Å². The Bertz CT molecular complexity index is 820. The predicted molar refractivity (Wildman–Crippen MR) is 127 cm³/mol. The van der Waals surface area contributed by atoms with Gasteiger partial charge < -0.3 is 14.5 Å². The molecule has 186 valence electrons. The highest BCUT2D eigenvalue weighted by molar-refractivity contribution is 8.01. The molecule has 2 rings (SSSR count). The van der Waals surface area contributed by atoms with E-state index in [9.17, 15) is 14.4 Å². The van der Waals surface area contributed by atoms with Crippen LogP contribution in [0.4, 0.5) is 0 Å². The van der Waals surface area contributed by atoms with Crippen molar-refractivity contribution in [1.82, 2.24) is 15.5 Å². The highest BCUT2D eigenvalue weighted by Gasteiger charge is 2.37. The molecule has 33 heavy (non-hydrogen) atoms. The van der Waals surface area contributed by atoms with Gasteiger partial charge in [0.15, 0.2) is 0 Å². The van der Waals surface area contributed by atoms with Crippen LogP contribution in [0.3, 0.4) is 0 Å². The van der Waals surface area contributed by atoms with Gasteiger partial charge in [0.2, 0.25) is 11.7 Å². The van der Waals surface area contributed by atoms with Crippen molar-refractivity contribution < 1.29 is 23.5 Å². The van der Waals surface area contributed by atoms with Gasteiger partial charge in [0.05, 0.1) is 6.04 Å². The number of rotatable bonds is 9. The average molecular weight is 482 g/mol. The molecule has 1 aromatic rings. The number of ketones is 1. The summed E-state index contributed by atoms with van der Waals surface area (Å²) in [5.41, 5.74) is -0.621. The van der Waals surface area contributed by atoms with Crippen LogP contribution in [0.25, 0.3) is 0 Å². The fraction of sp³-hybridized carbons (Fsp3) is 0.792. The van der Waals surface area contributed by atoms with E-state index in [1.165, 1.54) is 0 Å². The zero-order valence-electron chi connectivity index (χ0n) is 21.0. The normalized spacial score (nSPS) is 16.8. The lowest BCUT2D eigenvalue weighted by Crippen LogP contribution is -2.44. The number of hydrogen-bond donors (Lipinski definition) is 1. The van der Waals surface area contributed by atoms with E-state index in [1.54, 1.807) is 34.6 Å². The highest BCUT2D eigenvalue weighted by atomic mass is 32.2. The molecule has 1 aliphatic carbocycles. The summed E-state index contributed by atoms with van der Waals surface area (Å²) in [7, 11) is 0. The summed E-state index contributed by atoms with van der Waals surface area (Å²) in [4.78, 5) is 38.5. The second-order valence-corrected chi connectivity index (χ2v) is 12.3. The summed E-state index contributed by atoms with van der Waals surface area (Å²) in [6.07, 6.45) is 6.58. The maximum Gasteiger partial charge on any atom is 0.322 e. The molecule has 0 saturated heterocycles.